The zero-order valence-electron chi connectivity index (χ0n) is 10.2. The Kier molecular flexibility index (Phi) is 2.87. The quantitative estimate of drug-likeness (QED) is 0.823. The smallest absolute Gasteiger partial charge is 0.112 e. The van der Waals surface area contributed by atoms with Crippen LogP contribution in [0.5, 0.6) is 0 Å². The van der Waals surface area contributed by atoms with Gasteiger partial charge in [-0.25, -0.2) is 4.98 Å². The average molecular weight is 246 g/mol. The van der Waals surface area contributed by atoms with E-state index in [1.807, 2.05) is 0 Å². The van der Waals surface area contributed by atoms with E-state index in [0.717, 1.165) is 17.7 Å². The van der Waals surface area contributed by atoms with E-state index < -0.39 is 0 Å². The highest BCUT2D eigenvalue weighted by molar-refractivity contribution is 7.80. The molecule has 0 aliphatic heterocycles. The minimum atomic E-state index is 0.695. The Balaban J connectivity index is 2.06. The van der Waals surface area contributed by atoms with Crippen molar-refractivity contribution in [1.82, 2.24) is 9.55 Å². The number of fused-ring (bicyclic) bond motifs is 1. The minimum absolute atomic E-state index is 0.695. The number of aryl methyl sites for hydroxylation is 2. The Labute approximate surface area is 107 Å². The van der Waals surface area contributed by atoms with Crippen LogP contribution in [0, 0.1) is 0 Å². The number of imidazole rings is 1. The van der Waals surface area contributed by atoms with Crippen LogP contribution in [0.2, 0.25) is 0 Å². The third-order valence-corrected chi connectivity index (χ3v) is 4.07. The van der Waals surface area contributed by atoms with Crippen molar-refractivity contribution in [3.8, 4) is 0 Å². The van der Waals surface area contributed by atoms with Crippen LogP contribution >= 0.6 is 12.6 Å². The van der Waals surface area contributed by atoms with Crippen LogP contribution in [0.25, 0.3) is 11.0 Å². The van der Waals surface area contributed by atoms with Gasteiger partial charge in [0.15, 0.2) is 0 Å². The monoisotopic (exact) mass is 246 g/mol. The summed E-state index contributed by atoms with van der Waals surface area (Å²) in [5.41, 5.74) is 3.76. The molecule has 2 nitrogen and oxygen atoms in total. The van der Waals surface area contributed by atoms with Gasteiger partial charge in [-0.15, -0.1) is 0 Å². The lowest BCUT2D eigenvalue weighted by Crippen LogP contribution is -2.13. The van der Waals surface area contributed by atoms with Crippen LogP contribution in [0.15, 0.2) is 18.2 Å². The molecule has 0 saturated heterocycles. The molecule has 0 atom stereocenters. The molecule has 1 aliphatic carbocycles. The van der Waals surface area contributed by atoms with Gasteiger partial charge in [0.1, 0.15) is 5.82 Å². The van der Waals surface area contributed by atoms with Crippen molar-refractivity contribution >= 4 is 23.7 Å². The summed E-state index contributed by atoms with van der Waals surface area (Å²) in [6.45, 7) is 0. The van der Waals surface area contributed by atoms with Crippen molar-refractivity contribution < 1.29 is 0 Å². The predicted molar refractivity (Wildman–Crippen MR) is 74.9 cm³/mol. The molecular weight excluding hydrogens is 228 g/mol. The van der Waals surface area contributed by atoms with Crippen LogP contribution < -0.4 is 0 Å². The molecule has 0 N–H and O–H groups in total. The number of benzene rings is 1. The summed E-state index contributed by atoms with van der Waals surface area (Å²) < 4.78 is 2.28. The van der Waals surface area contributed by atoms with E-state index in [9.17, 15) is 0 Å². The second kappa shape index (κ2) is 4.37. The van der Waals surface area contributed by atoms with Crippen molar-refractivity contribution in [2.45, 2.75) is 31.6 Å². The fourth-order valence-electron chi connectivity index (χ4n) is 2.57. The van der Waals surface area contributed by atoms with Gasteiger partial charge in [-0.3, -0.25) is 0 Å². The van der Waals surface area contributed by atoms with Crippen molar-refractivity contribution in [2.75, 3.05) is 5.75 Å². The number of aromatic nitrogens is 2. The maximum atomic E-state index is 4.78. The molecule has 1 aromatic carbocycles. The summed E-state index contributed by atoms with van der Waals surface area (Å²) >= 11 is 4.29. The van der Waals surface area contributed by atoms with Crippen LogP contribution in [0.3, 0.4) is 0 Å². The van der Waals surface area contributed by atoms with E-state index in [4.69, 9.17) is 4.98 Å². The van der Waals surface area contributed by atoms with E-state index in [-0.39, 0.29) is 0 Å². The molecule has 1 fully saturated rings. The Morgan fingerprint density at radius 1 is 1.41 bits per heavy atom. The van der Waals surface area contributed by atoms with Crippen LogP contribution in [0.4, 0.5) is 0 Å². The Morgan fingerprint density at radius 3 is 2.88 bits per heavy atom. The topological polar surface area (TPSA) is 17.8 Å². The molecule has 3 heteroatoms. The average Bonchev–Trinajstić information content (AvgIpc) is 2.56. The fraction of sp³-hybridized carbons (Fsp3) is 0.500. The van der Waals surface area contributed by atoms with Gasteiger partial charge in [0, 0.05) is 13.0 Å². The van der Waals surface area contributed by atoms with Gasteiger partial charge in [-0.2, -0.15) is 12.6 Å². The van der Waals surface area contributed by atoms with Crippen molar-refractivity contribution in [3.05, 3.63) is 29.6 Å². The molecule has 0 amide bonds. The van der Waals surface area contributed by atoms with Gasteiger partial charge >= 0.3 is 0 Å². The Morgan fingerprint density at radius 2 is 2.24 bits per heavy atom. The van der Waals surface area contributed by atoms with Gasteiger partial charge in [0.05, 0.1) is 11.0 Å². The molecular formula is C14H18N2S. The molecule has 2 aromatic rings. The molecule has 1 heterocycles. The second-order valence-electron chi connectivity index (χ2n) is 4.95. The first-order valence-electron chi connectivity index (χ1n) is 6.35. The molecule has 1 aliphatic rings. The Bertz CT molecular complexity index is 540. The number of nitrogens with zero attached hydrogens (tertiary/aromatic N) is 2. The molecule has 0 unspecified atom stereocenters. The third kappa shape index (κ3) is 1.86. The number of rotatable bonds is 3. The normalized spacial score (nSPS) is 16.4. The first-order chi connectivity index (χ1) is 8.29. The third-order valence-electron chi connectivity index (χ3n) is 3.85. The maximum Gasteiger partial charge on any atom is 0.112 e. The number of hydrogen-bond acceptors (Lipinski definition) is 2. The van der Waals surface area contributed by atoms with E-state index in [0.29, 0.717) is 5.92 Å². The van der Waals surface area contributed by atoms with E-state index in [1.54, 1.807) is 0 Å². The zero-order valence-corrected chi connectivity index (χ0v) is 11.1. The lowest BCUT2D eigenvalue weighted by Gasteiger charge is -2.24. The molecule has 0 spiro atoms. The zero-order chi connectivity index (χ0) is 11.8. The first kappa shape index (κ1) is 11.1. The lowest BCUT2D eigenvalue weighted by molar-refractivity contribution is 0.395. The molecule has 17 heavy (non-hydrogen) atoms. The molecule has 0 bridgehead atoms. The van der Waals surface area contributed by atoms with Crippen LogP contribution in [-0.2, 0) is 13.5 Å². The maximum absolute atomic E-state index is 4.78. The SMILES string of the molecule is Cn1c(C2CCC2)nc2ccc(CCS)cc21. The van der Waals surface area contributed by atoms with Gasteiger partial charge < -0.3 is 4.57 Å². The van der Waals surface area contributed by atoms with Gasteiger partial charge in [0.25, 0.3) is 0 Å². The largest absolute Gasteiger partial charge is 0.331 e. The molecule has 1 aromatic heterocycles. The fourth-order valence-corrected chi connectivity index (χ4v) is 2.83. The summed E-state index contributed by atoms with van der Waals surface area (Å²) in [6, 6.07) is 6.59. The van der Waals surface area contributed by atoms with Crippen molar-refractivity contribution in [1.29, 1.82) is 0 Å². The van der Waals surface area contributed by atoms with E-state index >= 15 is 0 Å². The summed E-state index contributed by atoms with van der Waals surface area (Å²) in [5.74, 6) is 2.87. The number of hydrogen-bond donors (Lipinski definition) is 1. The van der Waals surface area contributed by atoms with E-state index in [2.05, 4.69) is 42.4 Å². The predicted octanol–water partition coefficient (Wildman–Crippen LogP) is 3.31. The molecule has 0 radical (unpaired) electrons. The van der Waals surface area contributed by atoms with Crippen LogP contribution in [-0.4, -0.2) is 15.3 Å². The summed E-state index contributed by atoms with van der Waals surface area (Å²) in [6.07, 6.45) is 5.00. The minimum Gasteiger partial charge on any atom is -0.331 e. The van der Waals surface area contributed by atoms with Gasteiger partial charge in [-0.05, 0) is 42.7 Å². The lowest BCUT2D eigenvalue weighted by atomic mass is 9.85. The molecule has 90 valence electrons. The highest BCUT2D eigenvalue weighted by Crippen LogP contribution is 2.36. The highest BCUT2D eigenvalue weighted by Gasteiger charge is 2.24. The summed E-state index contributed by atoms with van der Waals surface area (Å²) in [4.78, 5) is 4.78. The van der Waals surface area contributed by atoms with Gasteiger partial charge in [0.2, 0.25) is 0 Å². The molecule has 3 rings (SSSR count). The number of thiol groups is 1. The Hall–Kier alpha value is -0.960. The molecule has 1 saturated carbocycles. The van der Waals surface area contributed by atoms with E-state index in [1.165, 1.54) is 36.2 Å². The van der Waals surface area contributed by atoms with Gasteiger partial charge in [-0.1, -0.05) is 12.5 Å². The summed E-state index contributed by atoms with van der Waals surface area (Å²) in [7, 11) is 2.15. The van der Waals surface area contributed by atoms with Crippen molar-refractivity contribution in [2.24, 2.45) is 7.05 Å². The first-order valence-corrected chi connectivity index (χ1v) is 6.99. The summed E-state index contributed by atoms with van der Waals surface area (Å²) in [5, 5.41) is 0. The van der Waals surface area contributed by atoms with Crippen molar-refractivity contribution in [3.63, 3.8) is 0 Å². The standard InChI is InChI=1S/C14H18N2S/c1-16-13-9-10(7-8-17)5-6-12(13)15-14(16)11-3-2-4-11/h5-6,9,11,17H,2-4,7-8H2,1H3. The highest BCUT2D eigenvalue weighted by atomic mass is 32.1. The second-order valence-corrected chi connectivity index (χ2v) is 5.40. The van der Waals surface area contributed by atoms with Crippen LogP contribution in [0.1, 0.15) is 36.6 Å².